The fraction of sp³-hybridized carbons (Fsp3) is 0.800. The van der Waals surface area contributed by atoms with E-state index >= 15 is 0 Å². The molecule has 0 heterocycles. The summed E-state index contributed by atoms with van der Waals surface area (Å²) < 4.78 is 4.97. The molecule has 0 aromatic carbocycles. The maximum absolute atomic E-state index is 10.7. The summed E-state index contributed by atoms with van der Waals surface area (Å²) in [7, 11) is 2.34. The van der Waals surface area contributed by atoms with Crippen molar-refractivity contribution in [2.75, 3.05) is 13.7 Å². The topological polar surface area (TPSA) is 38.7 Å². The van der Waals surface area contributed by atoms with Crippen LogP contribution in [0.2, 0.25) is 6.04 Å². The lowest BCUT2D eigenvalue weighted by molar-refractivity contribution is -0.115. The lowest BCUT2D eigenvalue weighted by Gasteiger charge is -1.98. The SMILES string of the molecule is CO[Si]CCCCN=C(C)CC(C)=O. The van der Waals surface area contributed by atoms with Crippen molar-refractivity contribution in [2.45, 2.75) is 39.2 Å². The van der Waals surface area contributed by atoms with Crippen molar-refractivity contribution in [2.24, 2.45) is 4.99 Å². The lowest BCUT2D eigenvalue weighted by atomic mass is 10.2. The van der Waals surface area contributed by atoms with Crippen LogP contribution in [-0.2, 0) is 9.22 Å². The van der Waals surface area contributed by atoms with Crippen LogP contribution in [0.15, 0.2) is 4.99 Å². The van der Waals surface area contributed by atoms with Crippen LogP contribution in [0.1, 0.15) is 33.1 Å². The van der Waals surface area contributed by atoms with Gasteiger partial charge in [-0.3, -0.25) is 9.79 Å². The van der Waals surface area contributed by atoms with Crippen molar-refractivity contribution < 1.29 is 9.22 Å². The zero-order chi connectivity index (χ0) is 10.8. The maximum Gasteiger partial charge on any atom is 0.229 e. The smallest absolute Gasteiger partial charge is 0.229 e. The van der Waals surface area contributed by atoms with Gasteiger partial charge in [-0.1, -0.05) is 6.42 Å². The Morgan fingerprint density at radius 1 is 1.36 bits per heavy atom. The number of unbranched alkanes of at least 4 members (excludes halogenated alkanes) is 1. The molecule has 4 heteroatoms. The summed E-state index contributed by atoms with van der Waals surface area (Å²) >= 11 is 0. The molecule has 80 valence electrons. The number of rotatable bonds is 8. The average molecular weight is 213 g/mol. The molecule has 0 atom stereocenters. The van der Waals surface area contributed by atoms with Gasteiger partial charge in [0.2, 0.25) is 9.76 Å². The van der Waals surface area contributed by atoms with Crippen LogP contribution < -0.4 is 0 Å². The van der Waals surface area contributed by atoms with Crippen LogP contribution in [0.4, 0.5) is 0 Å². The molecule has 3 nitrogen and oxygen atoms in total. The van der Waals surface area contributed by atoms with Crippen LogP contribution in [0, 0.1) is 0 Å². The fourth-order valence-electron chi connectivity index (χ4n) is 1.10. The van der Waals surface area contributed by atoms with E-state index in [4.69, 9.17) is 4.43 Å². The summed E-state index contributed by atoms with van der Waals surface area (Å²) in [4.78, 5) is 15.1. The van der Waals surface area contributed by atoms with Crippen LogP contribution in [0.5, 0.6) is 0 Å². The minimum atomic E-state index is 0.187. The van der Waals surface area contributed by atoms with Crippen molar-refractivity contribution >= 4 is 21.3 Å². The van der Waals surface area contributed by atoms with Gasteiger partial charge in [-0.2, -0.15) is 0 Å². The maximum atomic E-state index is 10.7. The molecule has 0 aliphatic carbocycles. The van der Waals surface area contributed by atoms with Gasteiger partial charge in [0.25, 0.3) is 0 Å². The van der Waals surface area contributed by atoms with Gasteiger partial charge in [-0.15, -0.1) is 0 Å². The van der Waals surface area contributed by atoms with Crippen LogP contribution in [0.25, 0.3) is 0 Å². The van der Waals surface area contributed by atoms with E-state index in [2.05, 4.69) is 4.99 Å². The first-order valence-electron chi connectivity index (χ1n) is 4.92. The molecule has 0 saturated heterocycles. The van der Waals surface area contributed by atoms with E-state index in [1.54, 1.807) is 14.0 Å². The van der Waals surface area contributed by atoms with E-state index in [1.807, 2.05) is 6.92 Å². The third-order valence-corrected chi connectivity index (χ3v) is 2.56. The van der Waals surface area contributed by atoms with Crippen molar-refractivity contribution in [1.82, 2.24) is 0 Å². The van der Waals surface area contributed by atoms with Gasteiger partial charge in [0.1, 0.15) is 5.78 Å². The van der Waals surface area contributed by atoms with E-state index in [0.717, 1.165) is 31.1 Å². The number of nitrogens with zero attached hydrogens (tertiary/aromatic N) is 1. The third kappa shape index (κ3) is 9.60. The molecule has 0 aliphatic heterocycles. The van der Waals surface area contributed by atoms with Gasteiger partial charge in [0, 0.05) is 25.8 Å². The van der Waals surface area contributed by atoms with Crippen molar-refractivity contribution in [1.29, 1.82) is 0 Å². The summed E-state index contributed by atoms with van der Waals surface area (Å²) in [6, 6.07) is 1.12. The second-order valence-corrected chi connectivity index (χ2v) is 4.50. The highest BCUT2D eigenvalue weighted by Crippen LogP contribution is 1.97. The van der Waals surface area contributed by atoms with Gasteiger partial charge in [-0.05, 0) is 26.3 Å². The van der Waals surface area contributed by atoms with Crippen molar-refractivity contribution in [3.05, 3.63) is 0 Å². The molecule has 0 N–H and O–H groups in total. The summed E-state index contributed by atoms with van der Waals surface area (Å²) in [5.74, 6) is 0.187. The van der Waals surface area contributed by atoms with E-state index in [1.165, 1.54) is 0 Å². The third-order valence-electron chi connectivity index (χ3n) is 1.72. The zero-order valence-corrected chi connectivity index (χ0v) is 10.3. The van der Waals surface area contributed by atoms with Crippen molar-refractivity contribution in [3.63, 3.8) is 0 Å². The Labute approximate surface area is 88.9 Å². The second-order valence-electron chi connectivity index (χ2n) is 3.30. The number of aliphatic imine (C=N–C) groups is 1. The first-order valence-corrected chi connectivity index (χ1v) is 6.03. The van der Waals surface area contributed by atoms with Gasteiger partial charge >= 0.3 is 0 Å². The molecular formula is C10H19NO2Si. The molecule has 0 aliphatic rings. The zero-order valence-electron chi connectivity index (χ0n) is 9.30. The molecule has 0 spiro atoms. The highest BCUT2D eigenvalue weighted by molar-refractivity contribution is 6.26. The van der Waals surface area contributed by atoms with Crippen LogP contribution >= 0.6 is 0 Å². The quantitative estimate of drug-likeness (QED) is 0.351. The molecule has 0 saturated carbocycles. The van der Waals surface area contributed by atoms with Crippen LogP contribution in [-0.4, -0.2) is 34.9 Å². The number of Topliss-reactive ketones (excluding diaryl/α,β-unsaturated/α-hetero) is 1. The Morgan fingerprint density at radius 3 is 2.64 bits per heavy atom. The van der Waals surface area contributed by atoms with Gasteiger partial charge in [0.05, 0.1) is 0 Å². The number of hydrogen-bond acceptors (Lipinski definition) is 3. The molecule has 0 bridgehead atoms. The summed E-state index contributed by atoms with van der Waals surface area (Å²) in [6.45, 7) is 4.35. The number of carbonyl (C=O) groups is 1. The van der Waals surface area contributed by atoms with E-state index in [-0.39, 0.29) is 5.78 Å². The minimum absolute atomic E-state index is 0.187. The van der Waals surface area contributed by atoms with Crippen molar-refractivity contribution in [3.8, 4) is 0 Å². The highest BCUT2D eigenvalue weighted by atomic mass is 28.2. The summed E-state index contributed by atoms with van der Waals surface area (Å²) in [6.07, 6.45) is 2.74. The molecular weight excluding hydrogens is 194 g/mol. The largest absolute Gasteiger partial charge is 0.421 e. The molecule has 0 fully saturated rings. The minimum Gasteiger partial charge on any atom is -0.421 e. The Hall–Kier alpha value is -0.483. The Balaban J connectivity index is 3.36. The number of carbonyl (C=O) groups excluding carboxylic acids is 1. The molecule has 14 heavy (non-hydrogen) atoms. The second kappa shape index (κ2) is 9.09. The molecule has 0 amide bonds. The predicted molar refractivity (Wildman–Crippen MR) is 60.1 cm³/mol. The molecule has 2 radical (unpaired) electrons. The average Bonchev–Trinajstić information content (AvgIpc) is 2.10. The normalized spacial score (nSPS) is 11.8. The van der Waals surface area contributed by atoms with E-state index in [0.29, 0.717) is 16.2 Å². The molecule has 0 aromatic heterocycles. The summed E-state index contributed by atoms with van der Waals surface area (Å²) in [5, 5.41) is 0. The standard InChI is InChI=1S/C10H19NO2Si/c1-9(8-10(2)12)11-6-4-5-7-14-13-3/h4-8H2,1-3H3. The Kier molecular flexibility index (Phi) is 8.77. The van der Waals surface area contributed by atoms with Gasteiger partial charge < -0.3 is 4.43 Å². The monoisotopic (exact) mass is 213 g/mol. The number of hydrogen-bond donors (Lipinski definition) is 0. The molecule has 0 aromatic rings. The summed E-state index contributed by atoms with van der Waals surface area (Å²) in [5.41, 5.74) is 0.951. The van der Waals surface area contributed by atoms with Gasteiger partial charge in [-0.25, -0.2) is 0 Å². The first kappa shape index (κ1) is 13.5. The molecule has 0 rings (SSSR count). The lowest BCUT2D eigenvalue weighted by Crippen LogP contribution is -2.01. The molecule has 0 unspecified atom stereocenters. The Bertz CT molecular complexity index is 193. The Morgan fingerprint density at radius 2 is 2.07 bits per heavy atom. The number of ketones is 1. The highest BCUT2D eigenvalue weighted by Gasteiger charge is 1.96. The fourth-order valence-corrected chi connectivity index (χ4v) is 1.70. The van der Waals surface area contributed by atoms with Crippen LogP contribution in [0.3, 0.4) is 0 Å². The van der Waals surface area contributed by atoms with E-state index in [9.17, 15) is 4.79 Å². The first-order chi connectivity index (χ1) is 6.66. The van der Waals surface area contributed by atoms with E-state index < -0.39 is 0 Å². The predicted octanol–water partition coefficient (Wildman–Crippen LogP) is 1.89. The van der Waals surface area contributed by atoms with Gasteiger partial charge in [0.15, 0.2) is 0 Å².